The minimum absolute atomic E-state index is 0.0619. The standard InChI is InChI=1S/C13H8BrF2NO/c14-10-2-1-3-11(16)12(10)17-13(18)8-4-6-9(15)7-5-8/h1-7H,(H,17,18). The molecule has 5 heteroatoms. The molecular weight excluding hydrogens is 304 g/mol. The number of hydrogen-bond donors (Lipinski definition) is 1. The molecule has 0 fully saturated rings. The van der Waals surface area contributed by atoms with Crippen LogP contribution in [0.15, 0.2) is 46.9 Å². The van der Waals surface area contributed by atoms with Crippen LogP contribution >= 0.6 is 15.9 Å². The Morgan fingerprint density at radius 3 is 2.33 bits per heavy atom. The number of anilines is 1. The number of carbonyl (C=O) groups is 1. The number of hydrogen-bond acceptors (Lipinski definition) is 1. The van der Waals surface area contributed by atoms with Crippen molar-refractivity contribution in [2.24, 2.45) is 0 Å². The second-order valence-corrected chi connectivity index (χ2v) is 4.41. The Morgan fingerprint density at radius 2 is 1.72 bits per heavy atom. The largest absolute Gasteiger partial charge is 0.319 e. The zero-order chi connectivity index (χ0) is 13.1. The Kier molecular flexibility index (Phi) is 3.72. The summed E-state index contributed by atoms with van der Waals surface area (Å²) in [6.45, 7) is 0. The third-order valence-corrected chi connectivity index (χ3v) is 2.97. The van der Waals surface area contributed by atoms with Crippen molar-refractivity contribution in [3.8, 4) is 0 Å². The Balaban J connectivity index is 2.24. The first-order valence-corrected chi connectivity index (χ1v) is 5.88. The molecule has 2 aromatic carbocycles. The average molecular weight is 312 g/mol. The summed E-state index contributed by atoms with van der Waals surface area (Å²) in [5.41, 5.74) is 0.318. The molecule has 0 aromatic heterocycles. The highest BCUT2D eigenvalue weighted by molar-refractivity contribution is 9.10. The quantitative estimate of drug-likeness (QED) is 0.893. The van der Waals surface area contributed by atoms with Crippen molar-refractivity contribution in [1.29, 1.82) is 0 Å². The van der Waals surface area contributed by atoms with E-state index in [1.165, 1.54) is 36.4 Å². The van der Waals surface area contributed by atoms with Gasteiger partial charge in [-0.1, -0.05) is 6.07 Å². The van der Waals surface area contributed by atoms with Crippen LogP contribution in [0.5, 0.6) is 0 Å². The summed E-state index contributed by atoms with van der Waals surface area (Å²) in [4.78, 5) is 11.8. The van der Waals surface area contributed by atoms with E-state index in [-0.39, 0.29) is 11.3 Å². The molecule has 0 bridgehead atoms. The second kappa shape index (κ2) is 5.27. The van der Waals surface area contributed by atoms with Gasteiger partial charge in [-0.05, 0) is 52.3 Å². The highest BCUT2D eigenvalue weighted by Gasteiger charge is 2.11. The minimum Gasteiger partial charge on any atom is -0.319 e. The molecule has 0 aliphatic rings. The second-order valence-electron chi connectivity index (χ2n) is 3.56. The van der Waals surface area contributed by atoms with Gasteiger partial charge >= 0.3 is 0 Å². The average Bonchev–Trinajstić information content (AvgIpc) is 2.34. The van der Waals surface area contributed by atoms with Crippen molar-refractivity contribution < 1.29 is 13.6 Å². The van der Waals surface area contributed by atoms with E-state index < -0.39 is 17.5 Å². The van der Waals surface area contributed by atoms with Crippen LogP contribution in [0.25, 0.3) is 0 Å². The smallest absolute Gasteiger partial charge is 0.255 e. The van der Waals surface area contributed by atoms with Crippen LogP contribution in [0.3, 0.4) is 0 Å². The molecule has 0 atom stereocenters. The molecule has 18 heavy (non-hydrogen) atoms. The molecule has 92 valence electrons. The summed E-state index contributed by atoms with van der Waals surface area (Å²) < 4.78 is 26.6. The fraction of sp³-hybridized carbons (Fsp3) is 0. The molecule has 0 spiro atoms. The van der Waals surface area contributed by atoms with Gasteiger partial charge in [0.1, 0.15) is 11.6 Å². The van der Waals surface area contributed by atoms with Crippen LogP contribution in [0.1, 0.15) is 10.4 Å². The van der Waals surface area contributed by atoms with Gasteiger partial charge in [0.25, 0.3) is 5.91 Å². The summed E-state index contributed by atoms with van der Waals surface area (Å²) in [5.74, 6) is -1.47. The maximum Gasteiger partial charge on any atom is 0.255 e. The first-order chi connectivity index (χ1) is 8.58. The lowest BCUT2D eigenvalue weighted by Gasteiger charge is -2.08. The van der Waals surface area contributed by atoms with E-state index in [0.29, 0.717) is 4.47 Å². The van der Waals surface area contributed by atoms with Crippen molar-refractivity contribution in [2.75, 3.05) is 5.32 Å². The molecule has 2 rings (SSSR count). The summed E-state index contributed by atoms with van der Waals surface area (Å²) >= 11 is 3.15. The molecule has 2 aromatic rings. The van der Waals surface area contributed by atoms with Crippen molar-refractivity contribution in [2.45, 2.75) is 0 Å². The molecular formula is C13H8BrF2NO. The Bertz CT molecular complexity index is 564. The predicted molar refractivity (Wildman–Crippen MR) is 68.5 cm³/mol. The monoisotopic (exact) mass is 311 g/mol. The maximum absolute atomic E-state index is 13.5. The lowest BCUT2D eigenvalue weighted by atomic mass is 10.2. The number of nitrogens with one attached hydrogen (secondary N) is 1. The summed E-state index contributed by atoms with van der Waals surface area (Å²) in [6, 6.07) is 9.39. The van der Waals surface area contributed by atoms with E-state index in [4.69, 9.17) is 0 Å². The predicted octanol–water partition coefficient (Wildman–Crippen LogP) is 3.98. The lowest BCUT2D eigenvalue weighted by Crippen LogP contribution is -2.13. The van der Waals surface area contributed by atoms with Gasteiger partial charge in [-0.25, -0.2) is 8.78 Å². The van der Waals surface area contributed by atoms with E-state index in [0.717, 1.165) is 0 Å². The van der Waals surface area contributed by atoms with E-state index in [1.807, 2.05) is 0 Å². The first-order valence-electron chi connectivity index (χ1n) is 5.09. The van der Waals surface area contributed by atoms with Crippen molar-refractivity contribution >= 4 is 27.5 Å². The van der Waals surface area contributed by atoms with E-state index in [1.54, 1.807) is 6.07 Å². The number of halogens is 3. The molecule has 0 unspecified atom stereocenters. The van der Waals surface area contributed by atoms with Gasteiger partial charge in [0, 0.05) is 10.0 Å². The first kappa shape index (κ1) is 12.7. The van der Waals surface area contributed by atoms with Crippen LogP contribution in [0.2, 0.25) is 0 Å². The number of para-hydroxylation sites is 1. The topological polar surface area (TPSA) is 29.1 Å². The summed E-state index contributed by atoms with van der Waals surface area (Å²) in [5, 5.41) is 2.43. The van der Waals surface area contributed by atoms with Crippen LogP contribution in [-0.2, 0) is 0 Å². The number of carbonyl (C=O) groups excluding carboxylic acids is 1. The Labute approximate surface area is 111 Å². The van der Waals surface area contributed by atoms with Gasteiger partial charge < -0.3 is 5.32 Å². The van der Waals surface area contributed by atoms with E-state index in [2.05, 4.69) is 21.2 Å². The van der Waals surface area contributed by atoms with Gasteiger partial charge in [-0.2, -0.15) is 0 Å². The van der Waals surface area contributed by atoms with E-state index in [9.17, 15) is 13.6 Å². The Morgan fingerprint density at radius 1 is 1.06 bits per heavy atom. The number of benzene rings is 2. The van der Waals surface area contributed by atoms with Crippen LogP contribution in [0.4, 0.5) is 14.5 Å². The number of rotatable bonds is 2. The lowest BCUT2D eigenvalue weighted by molar-refractivity contribution is 0.102. The van der Waals surface area contributed by atoms with Crippen LogP contribution in [0, 0.1) is 11.6 Å². The van der Waals surface area contributed by atoms with Crippen molar-refractivity contribution in [1.82, 2.24) is 0 Å². The summed E-state index contributed by atoms with van der Waals surface area (Å²) in [7, 11) is 0. The maximum atomic E-state index is 13.5. The normalized spacial score (nSPS) is 10.2. The molecule has 1 amide bonds. The van der Waals surface area contributed by atoms with Gasteiger partial charge in [-0.15, -0.1) is 0 Å². The highest BCUT2D eigenvalue weighted by Crippen LogP contribution is 2.25. The fourth-order valence-electron chi connectivity index (χ4n) is 1.40. The van der Waals surface area contributed by atoms with Gasteiger partial charge in [0.05, 0.1) is 5.69 Å². The minimum atomic E-state index is -0.542. The fourth-order valence-corrected chi connectivity index (χ4v) is 1.85. The highest BCUT2D eigenvalue weighted by atomic mass is 79.9. The zero-order valence-electron chi connectivity index (χ0n) is 9.08. The molecule has 0 radical (unpaired) electrons. The Hall–Kier alpha value is -1.75. The van der Waals surface area contributed by atoms with Crippen LogP contribution in [-0.4, -0.2) is 5.91 Å². The van der Waals surface area contributed by atoms with Crippen molar-refractivity contribution in [3.05, 3.63) is 64.1 Å². The third kappa shape index (κ3) is 2.73. The molecule has 2 nitrogen and oxygen atoms in total. The van der Waals surface area contributed by atoms with Gasteiger partial charge in [0.2, 0.25) is 0 Å². The molecule has 0 aliphatic heterocycles. The molecule has 1 N–H and O–H groups in total. The number of amides is 1. The van der Waals surface area contributed by atoms with Gasteiger partial charge in [0.15, 0.2) is 0 Å². The molecule has 0 saturated carbocycles. The van der Waals surface area contributed by atoms with Gasteiger partial charge in [-0.3, -0.25) is 4.79 Å². The molecule has 0 saturated heterocycles. The summed E-state index contributed by atoms with van der Waals surface area (Å²) in [6.07, 6.45) is 0. The molecule has 0 heterocycles. The van der Waals surface area contributed by atoms with Crippen molar-refractivity contribution in [3.63, 3.8) is 0 Å². The van der Waals surface area contributed by atoms with E-state index >= 15 is 0 Å². The molecule has 0 aliphatic carbocycles. The SMILES string of the molecule is O=C(Nc1c(F)cccc1Br)c1ccc(F)cc1. The van der Waals surface area contributed by atoms with Crippen LogP contribution < -0.4 is 5.32 Å². The zero-order valence-corrected chi connectivity index (χ0v) is 10.7. The third-order valence-electron chi connectivity index (χ3n) is 2.31.